The lowest BCUT2D eigenvalue weighted by atomic mass is 9.83. The number of nitrogens with zero attached hydrogens (tertiary/aromatic N) is 2. The molecule has 0 aliphatic heterocycles. The van der Waals surface area contributed by atoms with Crippen LogP contribution in [0.1, 0.15) is 50.1 Å². The third-order valence-corrected chi connectivity index (χ3v) is 6.26. The van der Waals surface area contributed by atoms with E-state index < -0.39 is 5.97 Å². The van der Waals surface area contributed by atoms with Gasteiger partial charge in [-0.1, -0.05) is 32.1 Å². The van der Waals surface area contributed by atoms with Gasteiger partial charge in [0.2, 0.25) is 0 Å². The normalized spacial score (nSPS) is 14.6. The number of aliphatic carboxylic acids is 1. The molecule has 3 aromatic rings. The number of carboxylic acids is 1. The van der Waals surface area contributed by atoms with E-state index in [2.05, 4.69) is 24.9 Å². The van der Waals surface area contributed by atoms with Crippen LogP contribution in [0.3, 0.4) is 0 Å². The molecule has 0 fully saturated rings. The fourth-order valence-electron chi connectivity index (χ4n) is 4.36. The maximum absolute atomic E-state index is 14.9. The van der Waals surface area contributed by atoms with Crippen LogP contribution < -0.4 is 9.47 Å². The number of carboxylic acid groups (broad SMARTS) is 1. The average molecular weight is 465 g/mol. The minimum Gasteiger partial charge on any atom is -0.497 e. The number of rotatable bonds is 9. The van der Waals surface area contributed by atoms with Crippen LogP contribution >= 0.6 is 0 Å². The molecule has 0 amide bonds. The van der Waals surface area contributed by atoms with Gasteiger partial charge in [-0.15, -0.1) is 0 Å². The first-order chi connectivity index (χ1) is 16.3. The lowest BCUT2D eigenvalue weighted by molar-refractivity contribution is -0.136. The first kappa shape index (κ1) is 23.5. The number of ether oxygens (including phenoxy) is 2. The molecule has 0 bridgehead atoms. The molecule has 34 heavy (non-hydrogen) atoms. The Kier molecular flexibility index (Phi) is 6.72. The van der Waals surface area contributed by atoms with Gasteiger partial charge in [0.1, 0.15) is 35.9 Å². The summed E-state index contributed by atoms with van der Waals surface area (Å²) in [5, 5.41) is 8.94. The van der Waals surface area contributed by atoms with Crippen LogP contribution in [-0.2, 0) is 17.8 Å². The number of allylic oxidation sites excluding steroid dienone is 2. The predicted molar refractivity (Wildman–Crippen MR) is 128 cm³/mol. The molecule has 6 nitrogen and oxygen atoms in total. The first-order valence-electron chi connectivity index (χ1n) is 11.3. The van der Waals surface area contributed by atoms with Crippen LogP contribution in [0.15, 0.2) is 54.9 Å². The van der Waals surface area contributed by atoms with Gasteiger partial charge in [0.15, 0.2) is 0 Å². The van der Waals surface area contributed by atoms with Crippen molar-refractivity contribution in [2.45, 2.75) is 46.1 Å². The van der Waals surface area contributed by atoms with Crippen LogP contribution in [0.4, 0.5) is 4.39 Å². The Morgan fingerprint density at radius 1 is 1.21 bits per heavy atom. The van der Waals surface area contributed by atoms with Crippen molar-refractivity contribution >= 4 is 11.5 Å². The predicted octanol–water partition coefficient (Wildman–Crippen LogP) is 5.82. The van der Waals surface area contributed by atoms with Crippen LogP contribution in [0.2, 0.25) is 0 Å². The van der Waals surface area contributed by atoms with Crippen molar-refractivity contribution in [3.05, 3.63) is 77.6 Å². The van der Waals surface area contributed by atoms with Crippen molar-refractivity contribution in [1.82, 2.24) is 9.55 Å². The number of hydrogen-bond donors (Lipinski definition) is 1. The van der Waals surface area contributed by atoms with E-state index in [1.54, 1.807) is 30.1 Å². The van der Waals surface area contributed by atoms with Crippen molar-refractivity contribution < 1.29 is 23.8 Å². The number of halogens is 1. The van der Waals surface area contributed by atoms with Crippen LogP contribution in [0.5, 0.6) is 11.5 Å². The molecule has 0 radical (unpaired) electrons. The Balaban J connectivity index is 1.68. The summed E-state index contributed by atoms with van der Waals surface area (Å²) in [7, 11) is 1.55. The highest BCUT2D eigenvalue weighted by molar-refractivity contribution is 5.72. The van der Waals surface area contributed by atoms with E-state index in [0.717, 1.165) is 29.7 Å². The van der Waals surface area contributed by atoms with Crippen molar-refractivity contribution in [2.24, 2.45) is 5.41 Å². The van der Waals surface area contributed by atoms with Gasteiger partial charge >= 0.3 is 5.97 Å². The second-order valence-electron chi connectivity index (χ2n) is 9.10. The fraction of sp³-hybridized carbons (Fsp3) is 0.333. The summed E-state index contributed by atoms with van der Waals surface area (Å²) < 4.78 is 28.0. The molecule has 0 atom stereocenters. The van der Waals surface area contributed by atoms with E-state index >= 15 is 0 Å². The molecule has 0 spiro atoms. The summed E-state index contributed by atoms with van der Waals surface area (Å²) in [4.78, 5) is 15.5. The zero-order chi connectivity index (χ0) is 24.3. The van der Waals surface area contributed by atoms with E-state index in [1.165, 1.54) is 6.07 Å². The van der Waals surface area contributed by atoms with Crippen molar-refractivity contribution in [3.63, 3.8) is 0 Å². The molecule has 7 heteroatoms. The fourth-order valence-corrected chi connectivity index (χ4v) is 4.36. The summed E-state index contributed by atoms with van der Waals surface area (Å²) in [6.07, 6.45) is 6.27. The number of aromatic nitrogens is 2. The van der Waals surface area contributed by atoms with E-state index in [1.807, 2.05) is 24.3 Å². The van der Waals surface area contributed by atoms with Crippen molar-refractivity contribution in [1.29, 1.82) is 0 Å². The molecule has 1 aromatic heterocycles. The van der Waals surface area contributed by atoms with Crippen molar-refractivity contribution in [2.75, 3.05) is 7.11 Å². The maximum atomic E-state index is 14.9. The monoisotopic (exact) mass is 464 g/mol. The molecule has 2 aromatic carbocycles. The summed E-state index contributed by atoms with van der Waals surface area (Å²) in [5.74, 6) is -0.00418. The largest absolute Gasteiger partial charge is 0.497 e. The zero-order valence-electron chi connectivity index (χ0n) is 19.7. The molecule has 1 N–H and O–H groups in total. The molecule has 1 aliphatic rings. The second-order valence-corrected chi connectivity index (χ2v) is 9.10. The van der Waals surface area contributed by atoms with Crippen LogP contribution in [0.25, 0.3) is 11.3 Å². The molecular weight excluding hydrogens is 435 g/mol. The van der Waals surface area contributed by atoms with Gasteiger partial charge in [-0.3, -0.25) is 9.36 Å². The standard InChI is InChI=1S/C27H29FN2O4/c1-27(2)13-5-8-21(27)26-23(16-34-20-7-4-6-18(14-20)9-12-25(31)32)29-17-30(26)24-15-19(33-3)10-11-22(24)28/h4,6-8,10-11,14-15,17H,5,9,12-13,16H2,1-3H3,(H,31,32). The molecular formula is C27H29FN2O4. The van der Waals surface area contributed by atoms with Crippen LogP contribution in [-0.4, -0.2) is 27.7 Å². The van der Waals surface area contributed by atoms with Gasteiger partial charge in [0.25, 0.3) is 0 Å². The lowest BCUT2D eigenvalue weighted by Gasteiger charge is -2.25. The summed E-state index contributed by atoms with van der Waals surface area (Å²) >= 11 is 0. The number of methoxy groups -OCH3 is 1. The topological polar surface area (TPSA) is 73.6 Å². The van der Waals surface area contributed by atoms with Gasteiger partial charge in [-0.25, -0.2) is 9.37 Å². The number of aryl methyl sites for hydroxylation is 1. The highest BCUT2D eigenvalue weighted by Crippen LogP contribution is 2.45. The lowest BCUT2D eigenvalue weighted by Crippen LogP contribution is -2.14. The quantitative estimate of drug-likeness (QED) is 0.432. The number of hydrogen-bond acceptors (Lipinski definition) is 4. The molecule has 0 saturated heterocycles. The Hall–Kier alpha value is -3.61. The van der Waals surface area contributed by atoms with Gasteiger partial charge < -0.3 is 14.6 Å². The third-order valence-electron chi connectivity index (χ3n) is 6.26. The van der Waals surface area contributed by atoms with Gasteiger partial charge in [0, 0.05) is 12.5 Å². The zero-order valence-corrected chi connectivity index (χ0v) is 19.7. The van der Waals surface area contributed by atoms with E-state index in [0.29, 0.717) is 29.3 Å². The molecule has 0 saturated carbocycles. The van der Waals surface area contributed by atoms with Gasteiger partial charge in [-0.2, -0.15) is 0 Å². The van der Waals surface area contributed by atoms with Gasteiger partial charge in [-0.05, 0) is 60.1 Å². The minimum atomic E-state index is -0.835. The Bertz CT molecular complexity index is 1230. The molecule has 4 rings (SSSR count). The average Bonchev–Trinajstić information content (AvgIpc) is 3.38. The number of carbonyl (C=O) groups is 1. The number of imidazole rings is 1. The molecule has 1 aliphatic carbocycles. The summed E-state index contributed by atoms with van der Waals surface area (Å²) in [5.41, 5.74) is 3.83. The Labute approximate surface area is 198 Å². The third kappa shape index (κ3) is 4.98. The smallest absolute Gasteiger partial charge is 0.303 e. The van der Waals surface area contributed by atoms with E-state index in [-0.39, 0.29) is 24.3 Å². The minimum absolute atomic E-state index is 0.0628. The van der Waals surface area contributed by atoms with E-state index in [4.69, 9.17) is 14.6 Å². The molecule has 1 heterocycles. The molecule has 0 unspecified atom stereocenters. The number of benzene rings is 2. The second kappa shape index (κ2) is 9.71. The van der Waals surface area contributed by atoms with Crippen LogP contribution in [0, 0.1) is 11.2 Å². The molecule has 178 valence electrons. The SMILES string of the molecule is COc1ccc(F)c(-n2cnc(COc3cccc(CCC(=O)O)c3)c2C2=CCCC2(C)C)c1. The summed E-state index contributed by atoms with van der Waals surface area (Å²) in [6, 6.07) is 12.1. The van der Waals surface area contributed by atoms with E-state index in [9.17, 15) is 9.18 Å². The first-order valence-corrected chi connectivity index (χ1v) is 11.3. The highest BCUT2D eigenvalue weighted by Gasteiger charge is 2.33. The summed E-state index contributed by atoms with van der Waals surface area (Å²) in [6.45, 7) is 4.56. The van der Waals surface area contributed by atoms with Gasteiger partial charge in [0.05, 0.1) is 18.5 Å². The Morgan fingerprint density at radius 2 is 2.03 bits per heavy atom. The maximum Gasteiger partial charge on any atom is 0.303 e. The van der Waals surface area contributed by atoms with Crippen molar-refractivity contribution in [3.8, 4) is 17.2 Å². The Morgan fingerprint density at radius 3 is 2.74 bits per heavy atom. The highest BCUT2D eigenvalue weighted by atomic mass is 19.1.